The van der Waals surface area contributed by atoms with Crippen molar-refractivity contribution in [1.82, 2.24) is 10.4 Å². The van der Waals surface area contributed by atoms with Crippen molar-refractivity contribution in [2.45, 2.75) is 39.7 Å². The van der Waals surface area contributed by atoms with Gasteiger partial charge in [-0.05, 0) is 48.4 Å². The van der Waals surface area contributed by atoms with Crippen LogP contribution in [-0.4, -0.2) is 40.9 Å². The quantitative estimate of drug-likeness (QED) is 0.419. The first-order valence-electron chi connectivity index (χ1n) is 12.2. The second-order valence-electron chi connectivity index (χ2n) is 9.93. The fourth-order valence-electron chi connectivity index (χ4n) is 5.82. The molecule has 2 N–H and O–H groups in total. The summed E-state index contributed by atoms with van der Waals surface area (Å²) < 4.78 is 0. The Hall–Kier alpha value is -3.45. The minimum atomic E-state index is -0.981. The molecule has 2 aliphatic heterocycles. The van der Waals surface area contributed by atoms with Crippen molar-refractivity contribution in [1.29, 1.82) is 0 Å². The normalized spacial score (nSPS) is 20.3. The molecule has 0 aliphatic carbocycles. The zero-order valence-electron chi connectivity index (χ0n) is 20.4. The Morgan fingerprint density at radius 1 is 1.17 bits per heavy atom. The largest absolute Gasteiger partial charge is 0.334 e. The predicted molar refractivity (Wildman–Crippen MR) is 135 cm³/mol. The molecule has 7 nitrogen and oxygen atoms in total. The van der Waals surface area contributed by atoms with Gasteiger partial charge in [0.15, 0.2) is 0 Å². The van der Waals surface area contributed by atoms with Crippen LogP contribution in [-0.2, 0) is 16.1 Å². The molecule has 0 bridgehead atoms. The van der Waals surface area contributed by atoms with Crippen LogP contribution in [0.1, 0.15) is 54.6 Å². The van der Waals surface area contributed by atoms with Crippen molar-refractivity contribution in [2.75, 3.05) is 18.0 Å². The van der Waals surface area contributed by atoms with Crippen molar-refractivity contribution in [3.63, 3.8) is 0 Å². The number of carbonyl (C=O) groups is 3. The number of hydrogen-bond donors (Lipinski definition) is 2. The molecule has 3 amide bonds. The van der Waals surface area contributed by atoms with Crippen LogP contribution in [0.15, 0.2) is 55.1 Å². The summed E-state index contributed by atoms with van der Waals surface area (Å²) >= 11 is 0. The lowest BCUT2D eigenvalue weighted by Gasteiger charge is -2.37. The third-order valence-electron chi connectivity index (χ3n) is 7.35. The fourth-order valence-corrected chi connectivity index (χ4v) is 5.82. The van der Waals surface area contributed by atoms with Crippen molar-refractivity contribution in [3.8, 4) is 0 Å². The summed E-state index contributed by atoms with van der Waals surface area (Å²) in [6, 6.07) is 15.1. The van der Waals surface area contributed by atoms with Gasteiger partial charge < -0.3 is 9.80 Å². The number of para-hydroxylation sites is 1. The van der Waals surface area contributed by atoms with Crippen LogP contribution in [0.2, 0.25) is 0 Å². The van der Waals surface area contributed by atoms with Crippen molar-refractivity contribution in [3.05, 3.63) is 71.8 Å². The van der Waals surface area contributed by atoms with Crippen LogP contribution in [0.25, 0.3) is 6.08 Å². The molecule has 0 spiro atoms. The molecular weight excluding hydrogens is 442 g/mol. The van der Waals surface area contributed by atoms with E-state index in [1.54, 1.807) is 15.9 Å². The SMILES string of the molecule is C=Cc1ccccc1N1CCC(CC(C)C)(C(CCN2Cc3ccccc3C2=O)C(=O)NO)C1=O. The van der Waals surface area contributed by atoms with E-state index in [1.165, 1.54) is 0 Å². The number of rotatable bonds is 9. The summed E-state index contributed by atoms with van der Waals surface area (Å²) in [4.78, 5) is 43.5. The maximum Gasteiger partial charge on any atom is 0.254 e. The Morgan fingerprint density at radius 2 is 1.89 bits per heavy atom. The van der Waals surface area contributed by atoms with Gasteiger partial charge in [-0.15, -0.1) is 0 Å². The molecule has 35 heavy (non-hydrogen) atoms. The molecule has 2 unspecified atom stereocenters. The van der Waals surface area contributed by atoms with E-state index < -0.39 is 17.2 Å². The van der Waals surface area contributed by atoms with Crippen LogP contribution >= 0.6 is 0 Å². The number of hydroxylamine groups is 1. The van der Waals surface area contributed by atoms with E-state index in [-0.39, 0.29) is 24.2 Å². The highest BCUT2D eigenvalue weighted by molar-refractivity contribution is 6.04. The Kier molecular flexibility index (Phi) is 7.08. The highest BCUT2D eigenvalue weighted by atomic mass is 16.5. The number of fused-ring (bicyclic) bond motifs is 1. The summed E-state index contributed by atoms with van der Waals surface area (Å²) in [5.41, 5.74) is 4.09. The average molecular weight is 476 g/mol. The Balaban J connectivity index is 1.63. The first kappa shape index (κ1) is 24.7. The zero-order chi connectivity index (χ0) is 25.2. The molecule has 2 heterocycles. The van der Waals surface area contributed by atoms with Crippen molar-refractivity contribution in [2.24, 2.45) is 17.3 Å². The second kappa shape index (κ2) is 10.0. The number of nitrogens with one attached hydrogen (secondary N) is 1. The Bertz CT molecular complexity index is 1140. The van der Waals surface area contributed by atoms with Gasteiger partial charge in [-0.2, -0.15) is 0 Å². The fraction of sp³-hybridized carbons (Fsp3) is 0.393. The lowest BCUT2D eigenvalue weighted by atomic mass is 9.67. The van der Waals surface area contributed by atoms with E-state index in [0.29, 0.717) is 38.0 Å². The van der Waals surface area contributed by atoms with Gasteiger partial charge in [0.25, 0.3) is 5.91 Å². The third-order valence-corrected chi connectivity index (χ3v) is 7.35. The van der Waals surface area contributed by atoms with E-state index in [1.807, 2.05) is 67.9 Å². The maximum absolute atomic E-state index is 14.1. The zero-order valence-corrected chi connectivity index (χ0v) is 20.4. The minimum absolute atomic E-state index is 0.0686. The summed E-state index contributed by atoms with van der Waals surface area (Å²) in [6.07, 6.45) is 2.99. The van der Waals surface area contributed by atoms with Gasteiger partial charge >= 0.3 is 0 Å². The third kappa shape index (κ3) is 4.48. The molecule has 0 saturated carbocycles. The standard InChI is InChI=1S/C28H33N3O4/c1-4-20-9-6-8-12-24(20)31-16-14-28(27(31)34,17-19(2)3)23(25(32)29-35)13-15-30-18-21-10-5-7-11-22(21)26(30)33/h4-12,19,23,35H,1,13-18H2,2-3H3,(H,29,32). The molecule has 2 aliphatic rings. The molecule has 4 rings (SSSR count). The molecule has 2 aromatic rings. The number of hydrogen-bond acceptors (Lipinski definition) is 4. The number of amides is 3. The maximum atomic E-state index is 14.1. The van der Waals surface area contributed by atoms with Gasteiger partial charge in [0, 0.05) is 25.2 Å². The number of carbonyl (C=O) groups excluding carboxylic acids is 3. The first-order valence-corrected chi connectivity index (χ1v) is 12.2. The molecule has 0 radical (unpaired) electrons. The topological polar surface area (TPSA) is 90.0 Å². The van der Waals surface area contributed by atoms with Crippen LogP contribution in [0.3, 0.4) is 0 Å². The summed E-state index contributed by atoms with van der Waals surface area (Å²) in [5.74, 6) is -1.40. The lowest BCUT2D eigenvalue weighted by Crippen LogP contribution is -2.48. The molecule has 7 heteroatoms. The summed E-state index contributed by atoms with van der Waals surface area (Å²) in [7, 11) is 0. The molecule has 1 saturated heterocycles. The van der Waals surface area contributed by atoms with E-state index in [4.69, 9.17) is 0 Å². The average Bonchev–Trinajstić information content (AvgIpc) is 3.35. The van der Waals surface area contributed by atoms with Gasteiger partial charge in [-0.1, -0.05) is 62.9 Å². The predicted octanol–water partition coefficient (Wildman–Crippen LogP) is 4.27. The Labute approximate surface area is 206 Å². The first-order chi connectivity index (χ1) is 16.8. The number of benzene rings is 2. The van der Waals surface area contributed by atoms with E-state index in [0.717, 1.165) is 16.8 Å². The van der Waals surface area contributed by atoms with Crippen LogP contribution in [0.4, 0.5) is 5.69 Å². The van der Waals surface area contributed by atoms with E-state index in [9.17, 15) is 19.6 Å². The van der Waals surface area contributed by atoms with Crippen LogP contribution in [0.5, 0.6) is 0 Å². The number of anilines is 1. The van der Waals surface area contributed by atoms with Crippen molar-refractivity contribution >= 4 is 29.5 Å². The lowest BCUT2D eigenvalue weighted by molar-refractivity contribution is -0.145. The monoisotopic (exact) mass is 475 g/mol. The molecular formula is C28H33N3O4. The van der Waals surface area contributed by atoms with Crippen LogP contribution in [0, 0.1) is 17.3 Å². The minimum Gasteiger partial charge on any atom is -0.334 e. The molecule has 2 atom stereocenters. The molecule has 1 fully saturated rings. The smallest absolute Gasteiger partial charge is 0.254 e. The molecule has 184 valence electrons. The Morgan fingerprint density at radius 3 is 2.57 bits per heavy atom. The van der Waals surface area contributed by atoms with Gasteiger partial charge in [-0.25, -0.2) is 5.48 Å². The van der Waals surface area contributed by atoms with Crippen LogP contribution < -0.4 is 10.4 Å². The second-order valence-corrected chi connectivity index (χ2v) is 9.93. The van der Waals surface area contributed by atoms with Gasteiger partial charge in [0.1, 0.15) is 0 Å². The number of nitrogens with zero attached hydrogens (tertiary/aromatic N) is 2. The van der Waals surface area contributed by atoms with Gasteiger partial charge in [0.05, 0.1) is 17.0 Å². The molecule has 0 aromatic heterocycles. The van der Waals surface area contributed by atoms with E-state index in [2.05, 4.69) is 6.58 Å². The highest BCUT2D eigenvalue weighted by Gasteiger charge is 2.55. The molecule has 2 aromatic carbocycles. The van der Waals surface area contributed by atoms with Gasteiger partial charge in [0.2, 0.25) is 11.8 Å². The van der Waals surface area contributed by atoms with Crippen molar-refractivity contribution < 1.29 is 19.6 Å². The highest BCUT2D eigenvalue weighted by Crippen LogP contribution is 2.48. The van der Waals surface area contributed by atoms with Gasteiger partial charge in [-0.3, -0.25) is 19.6 Å². The van der Waals surface area contributed by atoms with E-state index >= 15 is 0 Å². The summed E-state index contributed by atoms with van der Waals surface area (Å²) in [5, 5.41) is 9.63. The summed E-state index contributed by atoms with van der Waals surface area (Å²) in [6.45, 7) is 9.21.